The molecule has 2 aromatic rings. The maximum absolute atomic E-state index is 12.6. The van der Waals surface area contributed by atoms with Gasteiger partial charge in [-0.15, -0.1) is 0 Å². The van der Waals surface area contributed by atoms with E-state index in [1.807, 2.05) is 36.9 Å². The summed E-state index contributed by atoms with van der Waals surface area (Å²) in [7, 11) is 0. The van der Waals surface area contributed by atoms with Crippen molar-refractivity contribution in [2.24, 2.45) is 0 Å². The smallest absolute Gasteiger partial charge is 0.237 e. The normalized spacial score (nSPS) is 19.2. The van der Waals surface area contributed by atoms with Crippen LogP contribution in [-0.4, -0.2) is 62.6 Å². The summed E-state index contributed by atoms with van der Waals surface area (Å²) >= 11 is 0. The van der Waals surface area contributed by atoms with Crippen LogP contribution in [0.5, 0.6) is 0 Å². The van der Waals surface area contributed by atoms with Gasteiger partial charge in [-0.3, -0.25) is 14.7 Å². The van der Waals surface area contributed by atoms with E-state index in [0.717, 1.165) is 5.69 Å². The Bertz CT molecular complexity index is 719. The average molecular weight is 359 g/mol. The van der Waals surface area contributed by atoms with Gasteiger partial charge in [-0.1, -0.05) is 11.2 Å². The Morgan fingerprint density at radius 1 is 1.35 bits per heavy atom. The second-order valence-electron chi connectivity index (χ2n) is 6.79. The lowest BCUT2D eigenvalue weighted by atomic mass is 10.2. The quantitative estimate of drug-likeness (QED) is 0.771. The molecule has 8 nitrogen and oxygen atoms in total. The molecule has 1 saturated heterocycles. The molecule has 8 heteroatoms. The number of carbonyl (C=O) groups is 1. The Balaban J connectivity index is 1.69. The Morgan fingerprint density at radius 3 is 2.85 bits per heavy atom. The van der Waals surface area contributed by atoms with Crippen LogP contribution in [0.15, 0.2) is 28.9 Å². The molecule has 1 fully saturated rings. The lowest BCUT2D eigenvalue weighted by molar-refractivity contribution is -0.133. The predicted molar refractivity (Wildman–Crippen MR) is 94.0 cm³/mol. The van der Waals surface area contributed by atoms with Crippen LogP contribution in [0, 0.1) is 6.92 Å². The molecule has 3 heterocycles. The first kappa shape index (κ1) is 18.5. The molecular weight excluding hydrogens is 334 g/mol. The third-order valence-corrected chi connectivity index (χ3v) is 4.29. The van der Waals surface area contributed by atoms with E-state index in [9.17, 15) is 4.79 Å². The molecule has 0 aromatic carbocycles. The number of amides is 1. The Labute approximate surface area is 153 Å². The van der Waals surface area contributed by atoms with Gasteiger partial charge in [0.05, 0.1) is 18.3 Å². The summed E-state index contributed by atoms with van der Waals surface area (Å²) in [6.07, 6.45) is 1.63. The van der Waals surface area contributed by atoms with Crippen molar-refractivity contribution in [3.05, 3.63) is 41.8 Å². The molecule has 0 saturated carbocycles. The minimum absolute atomic E-state index is 0.109. The molecule has 2 aromatic heterocycles. The van der Waals surface area contributed by atoms with E-state index in [-0.39, 0.29) is 24.7 Å². The number of nitrogens with zero attached hydrogens (tertiary/aromatic N) is 5. The molecule has 1 aliphatic rings. The fraction of sp³-hybridized carbons (Fsp3) is 0.556. The van der Waals surface area contributed by atoms with Gasteiger partial charge in [0.1, 0.15) is 6.61 Å². The van der Waals surface area contributed by atoms with Crippen LogP contribution in [0.3, 0.4) is 0 Å². The van der Waals surface area contributed by atoms with Gasteiger partial charge < -0.3 is 14.2 Å². The van der Waals surface area contributed by atoms with Crippen LogP contribution < -0.4 is 0 Å². The van der Waals surface area contributed by atoms with Crippen molar-refractivity contribution in [2.45, 2.75) is 46.1 Å². The molecule has 140 valence electrons. The van der Waals surface area contributed by atoms with Crippen LogP contribution in [0.2, 0.25) is 0 Å². The number of hydrogen-bond donors (Lipinski definition) is 0. The van der Waals surface area contributed by atoms with Crippen LogP contribution in [0.1, 0.15) is 31.3 Å². The summed E-state index contributed by atoms with van der Waals surface area (Å²) in [5.74, 6) is 1.14. The van der Waals surface area contributed by atoms with Crippen LogP contribution in [0.4, 0.5) is 0 Å². The highest BCUT2D eigenvalue weighted by atomic mass is 16.5. The van der Waals surface area contributed by atoms with Crippen LogP contribution >= 0.6 is 0 Å². The number of ether oxygens (including phenoxy) is 1. The van der Waals surface area contributed by atoms with Gasteiger partial charge in [-0.2, -0.15) is 4.98 Å². The van der Waals surface area contributed by atoms with E-state index in [4.69, 9.17) is 9.26 Å². The molecule has 3 rings (SSSR count). The summed E-state index contributed by atoms with van der Waals surface area (Å²) in [6.45, 7) is 8.21. The van der Waals surface area contributed by atoms with E-state index in [0.29, 0.717) is 37.9 Å². The highest BCUT2D eigenvalue weighted by molar-refractivity contribution is 5.78. The molecular formula is C18H25N5O3. The standard InChI is InChI=1S/C18H25N5O3/c1-13(2)23-10-16(25-12-17-20-14(3)26-21-17)9-22(11-18(23)24)8-15-6-4-5-7-19-15/h4-7,13,16H,8-12H2,1-3H3. The monoisotopic (exact) mass is 359 g/mol. The highest BCUT2D eigenvalue weighted by Gasteiger charge is 2.30. The zero-order valence-electron chi connectivity index (χ0n) is 15.5. The Kier molecular flexibility index (Phi) is 5.95. The molecule has 0 N–H and O–H groups in total. The van der Waals surface area contributed by atoms with Crippen molar-refractivity contribution in [1.29, 1.82) is 0 Å². The molecule has 1 amide bonds. The van der Waals surface area contributed by atoms with Crippen molar-refractivity contribution >= 4 is 5.91 Å². The van der Waals surface area contributed by atoms with Gasteiger partial charge in [-0.25, -0.2) is 0 Å². The summed E-state index contributed by atoms with van der Waals surface area (Å²) in [5.41, 5.74) is 0.936. The maximum atomic E-state index is 12.6. The number of rotatable bonds is 6. The summed E-state index contributed by atoms with van der Waals surface area (Å²) in [4.78, 5) is 25.1. The third kappa shape index (κ3) is 4.86. The molecule has 26 heavy (non-hydrogen) atoms. The van der Waals surface area contributed by atoms with Gasteiger partial charge in [0.15, 0.2) is 5.82 Å². The second kappa shape index (κ2) is 8.37. The second-order valence-corrected chi connectivity index (χ2v) is 6.79. The molecule has 1 atom stereocenters. The number of carbonyl (C=O) groups excluding carboxylic acids is 1. The predicted octanol–water partition coefficient (Wildman–Crippen LogP) is 1.41. The van der Waals surface area contributed by atoms with Gasteiger partial charge in [0, 0.05) is 38.8 Å². The largest absolute Gasteiger partial charge is 0.367 e. The summed E-state index contributed by atoms with van der Waals surface area (Å²) in [6, 6.07) is 5.93. The van der Waals surface area contributed by atoms with E-state index in [1.165, 1.54) is 0 Å². The first-order chi connectivity index (χ1) is 12.5. The number of hydrogen-bond acceptors (Lipinski definition) is 7. The maximum Gasteiger partial charge on any atom is 0.237 e. The van der Waals surface area contributed by atoms with E-state index in [1.54, 1.807) is 13.1 Å². The van der Waals surface area contributed by atoms with Gasteiger partial charge in [0.25, 0.3) is 0 Å². The Hall–Kier alpha value is -2.32. The fourth-order valence-electron chi connectivity index (χ4n) is 3.05. The average Bonchev–Trinajstić information content (AvgIpc) is 2.95. The molecule has 0 spiro atoms. The molecule has 1 unspecified atom stereocenters. The lowest BCUT2D eigenvalue weighted by Crippen LogP contribution is -2.42. The molecule has 0 bridgehead atoms. The first-order valence-corrected chi connectivity index (χ1v) is 8.84. The Morgan fingerprint density at radius 2 is 2.19 bits per heavy atom. The van der Waals surface area contributed by atoms with Gasteiger partial charge >= 0.3 is 0 Å². The van der Waals surface area contributed by atoms with Crippen molar-refractivity contribution < 1.29 is 14.1 Å². The van der Waals surface area contributed by atoms with E-state index >= 15 is 0 Å². The highest BCUT2D eigenvalue weighted by Crippen LogP contribution is 2.14. The van der Waals surface area contributed by atoms with Gasteiger partial charge in [-0.05, 0) is 26.0 Å². The third-order valence-electron chi connectivity index (χ3n) is 4.29. The minimum Gasteiger partial charge on any atom is -0.367 e. The minimum atomic E-state index is -0.133. The fourth-order valence-corrected chi connectivity index (χ4v) is 3.05. The van der Waals surface area contributed by atoms with Crippen LogP contribution in [-0.2, 0) is 22.7 Å². The number of aromatic nitrogens is 3. The van der Waals surface area contributed by atoms with Crippen molar-refractivity contribution in [3.63, 3.8) is 0 Å². The van der Waals surface area contributed by atoms with Crippen molar-refractivity contribution in [1.82, 2.24) is 24.9 Å². The van der Waals surface area contributed by atoms with Crippen LogP contribution in [0.25, 0.3) is 0 Å². The molecule has 1 aliphatic heterocycles. The first-order valence-electron chi connectivity index (χ1n) is 8.84. The number of pyridine rings is 1. The van der Waals surface area contributed by atoms with Crippen molar-refractivity contribution in [3.8, 4) is 0 Å². The lowest BCUT2D eigenvalue weighted by Gasteiger charge is -2.27. The molecule has 0 radical (unpaired) electrons. The molecule has 0 aliphatic carbocycles. The van der Waals surface area contributed by atoms with Gasteiger partial charge in [0.2, 0.25) is 11.8 Å². The topological polar surface area (TPSA) is 84.6 Å². The zero-order chi connectivity index (χ0) is 18.5. The van der Waals surface area contributed by atoms with E-state index < -0.39 is 0 Å². The van der Waals surface area contributed by atoms with E-state index in [2.05, 4.69) is 20.0 Å². The summed E-state index contributed by atoms with van der Waals surface area (Å²) in [5, 5.41) is 3.86. The number of aryl methyl sites for hydroxylation is 1. The summed E-state index contributed by atoms with van der Waals surface area (Å²) < 4.78 is 11.0. The SMILES string of the molecule is Cc1nc(COC2CN(Cc3ccccn3)CC(=O)N(C(C)C)C2)no1. The van der Waals surface area contributed by atoms with Crippen molar-refractivity contribution in [2.75, 3.05) is 19.6 Å². The zero-order valence-corrected chi connectivity index (χ0v) is 15.5.